The number of aromatic nitrogens is 3. The van der Waals surface area contributed by atoms with Crippen LogP contribution in [0.3, 0.4) is 0 Å². The lowest BCUT2D eigenvalue weighted by Crippen LogP contribution is -2.23. The van der Waals surface area contributed by atoms with E-state index in [0.717, 1.165) is 12.1 Å². The Hall–Kier alpha value is -2.31. The van der Waals surface area contributed by atoms with Gasteiger partial charge in [-0.25, -0.2) is 8.78 Å². The first-order valence-corrected chi connectivity index (χ1v) is 4.74. The van der Waals surface area contributed by atoms with Gasteiger partial charge in [-0.05, 0) is 18.2 Å². The highest BCUT2D eigenvalue weighted by Gasteiger charge is 2.09. The van der Waals surface area contributed by atoms with Gasteiger partial charge in [-0.15, -0.1) is 0 Å². The van der Waals surface area contributed by atoms with Gasteiger partial charge in [0.1, 0.15) is 5.69 Å². The van der Waals surface area contributed by atoms with E-state index in [4.69, 9.17) is 0 Å². The second-order valence-electron chi connectivity index (χ2n) is 3.27. The standard InChI is InChI=1S/C10H8F2N4O/c11-8-2-1-6(3-9(8)12)10(17)13-4-7-5-14-16-15-7/h1-3,5H,4H2,(H,13,17)(H,14,15,16). The van der Waals surface area contributed by atoms with E-state index in [1.54, 1.807) is 0 Å². The van der Waals surface area contributed by atoms with Crippen molar-refractivity contribution in [3.05, 3.63) is 47.3 Å². The number of carbonyl (C=O) groups is 1. The van der Waals surface area contributed by atoms with E-state index >= 15 is 0 Å². The zero-order chi connectivity index (χ0) is 12.3. The van der Waals surface area contributed by atoms with Crippen LogP contribution in [0, 0.1) is 11.6 Å². The van der Waals surface area contributed by atoms with Gasteiger partial charge in [-0.1, -0.05) is 0 Å². The molecule has 0 aliphatic heterocycles. The van der Waals surface area contributed by atoms with Gasteiger partial charge in [-0.3, -0.25) is 4.79 Å². The molecular weight excluding hydrogens is 230 g/mol. The van der Waals surface area contributed by atoms with Gasteiger partial charge in [0.25, 0.3) is 5.91 Å². The molecule has 0 spiro atoms. The minimum atomic E-state index is -1.06. The monoisotopic (exact) mass is 238 g/mol. The fourth-order valence-corrected chi connectivity index (χ4v) is 1.22. The lowest BCUT2D eigenvalue weighted by molar-refractivity contribution is 0.0950. The average molecular weight is 238 g/mol. The number of aromatic amines is 1. The van der Waals surface area contributed by atoms with Crippen molar-refractivity contribution in [3.63, 3.8) is 0 Å². The van der Waals surface area contributed by atoms with Crippen molar-refractivity contribution in [3.8, 4) is 0 Å². The summed E-state index contributed by atoms with van der Waals surface area (Å²) in [6.07, 6.45) is 1.45. The second kappa shape index (κ2) is 4.69. The van der Waals surface area contributed by atoms with E-state index in [1.165, 1.54) is 12.3 Å². The number of H-pyrrole nitrogens is 1. The van der Waals surface area contributed by atoms with Crippen LogP contribution in [0.1, 0.15) is 16.1 Å². The lowest BCUT2D eigenvalue weighted by atomic mass is 10.2. The predicted molar refractivity (Wildman–Crippen MR) is 53.9 cm³/mol. The molecule has 0 aliphatic rings. The number of nitrogens with zero attached hydrogens (tertiary/aromatic N) is 2. The van der Waals surface area contributed by atoms with Crippen LogP contribution in [0.2, 0.25) is 0 Å². The maximum absolute atomic E-state index is 12.9. The minimum Gasteiger partial charge on any atom is -0.346 e. The highest BCUT2D eigenvalue weighted by molar-refractivity contribution is 5.94. The van der Waals surface area contributed by atoms with Crippen molar-refractivity contribution >= 4 is 5.91 Å². The lowest BCUT2D eigenvalue weighted by Gasteiger charge is -2.03. The van der Waals surface area contributed by atoms with Crippen LogP contribution >= 0.6 is 0 Å². The number of nitrogens with one attached hydrogen (secondary N) is 2. The summed E-state index contributed by atoms with van der Waals surface area (Å²) in [4.78, 5) is 11.5. The second-order valence-corrected chi connectivity index (χ2v) is 3.27. The number of rotatable bonds is 3. The largest absolute Gasteiger partial charge is 0.346 e. The summed E-state index contributed by atoms with van der Waals surface area (Å²) in [5.74, 6) is -2.55. The molecule has 0 aliphatic carbocycles. The number of carbonyl (C=O) groups excluding carboxylic acids is 1. The van der Waals surface area contributed by atoms with Crippen LogP contribution < -0.4 is 5.32 Å². The summed E-state index contributed by atoms with van der Waals surface area (Å²) < 4.78 is 25.5. The molecular formula is C10H8F2N4O. The van der Waals surface area contributed by atoms with E-state index in [-0.39, 0.29) is 12.1 Å². The maximum atomic E-state index is 12.9. The fraction of sp³-hybridized carbons (Fsp3) is 0.100. The van der Waals surface area contributed by atoms with Crippen molar-refractivity contribution in [2.45, 2.75) is 6.54 Å². The zero-order valence-corrected chi connectivity index (χ0v) is 8.58. The highest BCUT2D eigenvalue weighted by Crippen LogP contribution is 2.08. The van der Waals surface area contributed by atoms with E-state index in [0.29, 0.717) is 5.69 Å². The molecule has 1 heterocycles. The molecule has 0 atom stereocenters. The summed E-state index contributed by atoms with van der Waals surface area (Å²) >= 11 is 0. The number of benzene rings is 1. The van der Waals surface area contributed by atoms with Gasteiger partial charge in [0.15, 0.2) is 11.6 Å². The summed E-state index contributed by atoms with van der Waals surface area (Å²) in [6.45, 7) is 0.161. The molecule has 0 saturated carbocycles. The SMILES string of the molecule is O=C(NCc1cn[nH]n1)c1ccc(F)c(F)c1. The maximum Gasteiger partial charge on any atom is 0.251 e. The molecule has 0 saturated heterocycles. The predicted octanol–water partition coefficient (Wildman–Crippen LogP) is 1.01. The molecule has 17 heavy (non-hydrogen) atoms. The molecule has 7 heteroatoms. The first-order valence-electron chi connectivity index (χ1n) is 4.74. The molecule has 0 radical (unpaired) electrons. The van der Waals surface area contributed by atoms with Gasteiger partial charge < -0.3 is 5.32 Å². The summed E-state index contributed by atoms with van der Waals surface area (Å²) in [5.41, 5.74) is 0.591. The van der Waals surface area contributed by atoms with Gasteiger partial charge in [0, 0.05) is 5.56 Å². The first-order chi connectivity index (χ1) is 8.16. The van der Waals surface area contributed by atoms with Crippen LogP contribution in [-0.4, -0.2) is 21.3 Å². The number of amides is 1. The Morgan fingerprint density at radius 2 is 2.18 bits per heavy atom. The third-order valence-electron chi connectivity index (χ3n) is 2.08. The van der Waals surface area contributed by atoms with E-state index < -0.39 is 17.5 Å². The minimum absolute atomic E-state index is 0.0485. The Balaban J connectivity index is 2.02. The average Bonchev–Trinajstić information content (AvgIpc) is 2.82. The summed E-state index contributed by atoms with van der Waals surface area (Å²) in [6, 6.07) is 2.95. The van der Waals surface area contributed by atoms with E-state index in [1.807, 2.05) is 0 Å². The topological polar surface area (TPSA) is 70.7 Å². The third kappa shape index (κ3) is 2.63. The number of halogens is 2. The quantitative estimate of drug-likeness (QED) is 0.838. The highest BCUT2D eigenvalue weighted by atomic mass is 19.2. The van der Waals surface area contributed by atoms with Crippen molar-refractivity contribution < 1.29 is 13.6 Å². The third-order valence-corrected chi connectivity index (χ3v) is 2.08. The Bertz CT molecular complexity index is 527. The Labute approximate surface area is 94.8 Å². The molecule has 2 N–H and O–H groups in total. The Morgan fingerprint density at radius 1 is 1.35 bits per heavy atom. The molecule has 0 unspecified atom stereocenters. The van der Waals surface area contributed by atoms with Crippen LogP contribution in [-0.2, 0) is 6.54 Å². The molecule has 5 nitrogen and oxygen atoms in total. The molecule has 1 aromatic carbocycles. The van der Waals surface area contributed by atoms with E-state index in [2.05, 4.69) is 20.7 Å². The molecule has 88 valence electrons. The van der Waals surface area contributed by atoms with Crippen molar-refractivity contribution in [1.29, 1.82) is 0 Å². The molecule has 0 fully saturated rings. The smallest absolute Gasteiger partial charge is 0.251 e. The van der Waals surface area contributed by atoms with Gasteiger partial charge in [-0.2, -0.15) is 15.4 Å². The molecule has 1 amide bonds. The van der Waals surface area contributed by atoms with Crippen LogP contribution in [0.5, 0.6) is 0 Å². The molecule has 0 bridgehead atoms. The molecule has 2 aromatic rings. The van der Waals surface area contributed by atoms with Crippen LogP contribution in [0.25, 0.3) is 0 Å². The van der Waals surface area contributed by atoms with Crippen LogP contribution in [0.15, 0.2) is 24.4 Å². The van der Waals surface area contributed by atoms with Crippen molar-refractivity contribution in [2.24, 2.45) is 0 Å². The van der Waals surface area contributed by atoms with E-state index in [9.17, 15) is 13.6 Å². The van der Waals surface area contributed by atoms with Gasteiger partial charge in [0.2, 0.25) is 0 Å². The Morgan fingerprint density at radius 3 is 2.82 bits per heavy atom. The normalized spacial score (nSPS) is 10.2. The molecule has 1 aromatic heterocycles. The molecule has 2 rings (SSSR count). The first kappa shape index (κ1) is 11.2. The van der Waals surface area contributed by atoms with Crippen LogP contribution in [0.4, 0.5) is 8.78 Å². The number of hydrogen-bond acceptors (Lipinski definition) is 3. The van der Waals surface area contributed by atoms with Crippen molar-refractivity contribution in [1.82, 2.24) is 20.7 Å². The zero-order valence-electron chi connectivity index (χ0n) is 8.58. The van der Waals surface area contributed by atoms with Gasteiger partial charge in [0.05, 0.1) is 12.7 Å². The van der Waals surface area contributed by atoms with Gasteiger partial charge >= 0.3 is 0 Å². The summed E-state index contributed by atoms with van der Waals surface area (Å²) in [5, 5.41) is 12.2. The Kier molecular flexibility index (Phi) is 3.08. The number of hydrogen-bond donors (Lipinski definition) is 2. The van der Waals surface area contributed by atoms with Crippen molar-refractivity contribution in [2.75, 3.05) is 0 Å². The fourth-order valence-electron chi connectivity index (χ4n) is 1.22. The summed E-state index contributed by atoms with van der Waals surface area (Å²) in [7, 11) is 0.